The number of aryl methyl sites for hydroxylation is 2. The van der Waals surface area contributed by atoms with Gasteiger partial charge in [0.2, 0.25) is 17.7 Å². The van der Waals surface area contributed by atoms with Crippen molar-refractivity contribution >= 4 is 17.5 Å². The summed E-state index contributed by atoms with van der Waals surface area (Å²) in [4.78, 5) is 26.6. The molecule has 3 aromatic rings. The van der Waals surface area contributed by atoms with Gasteiger partial charge in [-0.25, -0.2) is 0 Å². The molecule has 30 heavy (non-hydrogen) atoms. The fourth-order valence-corrected chi connectivity index (χ4v) is 3.28. The summed E-state index contributed by atoms with van der Waals surface area (Å²) in [7, 11) is 1.54. The van der Waals surface area contributed by atoms with Gasteiger partial charge in [-0.1, -0.05) is 29.8 Å². The Morgan fingerprint density at radius 1 is 1.13 bits per heavy atom. The molecule has 1 atom stereocenters. The lowest BCUT2D eigenvalue weighted by molar-refractivity contribution is -0.127. The summed E-state index contributed by atoms with van der Waals surface area (Å²) in [6.45, 7) is 2.15. The van der Waals surface area contributed by atoms with Crippen LogP contribution >= 0.6 is 0 Å². The molecule has 1 aromatic heterocycles. The summed E-state index contributed by atoms with van der Waals surface area (Å²) < 4.78 is 11.5. The van der Waals surface area contributed by atoms with Gasteiger partial charge in [0, 0.05) is 25.5 Å². The maximum atomic E-state index is 13.0. The van der Waals surface area contributed by atoms with Gasteiger partial charge in [-0.2, -0.15) is 0 Å². The SMILES string of the molecule is CNC(=O)[C@@H]1CN(C(=O)CCc2nnc(-c3ccc(C)cc3)o2)c2ccccc2O1. The number of ether oxygens (including phenoxy) is 1. The van der Waals surface area contributed by atoms with E-state index in [-0.39, 0.29) is 24.8 Å². The maximum absolute atomic E-state index is 13.0. The van der Waals surface area contributed by atoms with Crippen molar-refractivity contribution in [1.29, 1.82) is 0 Å². The molecule has 0 unspecified atom stereocenters. The Kier molecular flexibility index (Phi) is 5.47. The van der Waals surface area contributed by atoms with Crippen molar-refractivity contribution in [2.45, 2.75) is 25.9 Å². The van der Waals surface area contributed by atoms with Crippen LogP contribution in [0.4, 0.5) is 5.69 Å². The number of carbonyl (C=O) groups is 2. The second kappa shape index (κ2) is 8.36. The Morgan fingerprint density at radius 3 is 2.67 bits per heavy atom. The van der Waals surface area contributed by atoms with Crippen LogP contribution in [0.2, 0.25) is 0 Å². The van der Waals surface area contributed by atoms with E-state index in [1.54, 1.807) is 30.1 Å². The summed E-state index contributed by atoms with van der Waals surface area (Å²) in [5.74, 6) is 0.902. The van der Waals surface area contributed by atoms with Crippen LogP contribution in [0.15, 0.2) is 52.9 Å². The van der Waals surface area contributed by atoms with Crippen LogP contribution in [-0.4, -0.2) is 41.7 Å². The Morgan fingerprint density at radius 2 is 1.90 bits per heavy atom. The van der Waals surface area contributed by atoms with Gasteiger partial charge in [0.25, 0.3) is 5.91 Å². The number of para-hydroxylation sites is 2. The van der Waals surface area contributed by atoms with Gasteiger partial charge >= 0.3 is 0 Å². The first-order valence-electron chi connectivity index (χ1n) is 9.72. The molecule has 0 saturated carbocycles. The first-order chi connectivity index (χ1) is 14.5. The molecule has 0 radical (unpaired) electrons. The lowest BCUT2D eigenvalue weighted by Crippen LogP contribution is -2.50. The first-order valence-corrected chi connectivity index (χ1v) is 9.72. The summed E-state index contributed by atoms with van der Waals surface area (Å²) in [5.41, 5.74) is 2.62. The third kappa shape index (κ3) is 4.03. The van der Waals surface area contributed by atoms with Crippen molar-refractivity contribution in [3.05, 3.63) is 60.0 Å². The number of rotatable bonds is 5. The van der Waals surface area contributed by atoms with E-state index in [0.717, 1.165) is 11.1 Å². The maximum Gasteiger partial charge on any atom is 0.262 e. The Balaban J connectivity index is 1.46. The van der Waals surface area contributed by atoms with Gasteiger partial charge in [-0.05, 0) is 31.2 Å². The van der Waals surface area contributed by atoms with E-state index in [1.165, 1.54) is 0 Å². The summed E-state index contributed by atoms with van der Waals surface area (Å²) >= 11 is 0. The zero-order chi connectivity index (χ0) is 21.1. The number of carbonyl (C=O) groups excluding carboxylic acids is 2. The standard InChI is InChI=1S/C22H22N4O4/c1-14-7-9-15(10-8-14)22-25-24-19(30-22)11-12-20(27)26-13-18(21(28)23-2)29-17-6-4-3-5-16(17)26/h3-10,18H,11-13H2,1-2H3,(H,23,28)/t18-/m0/s1. The van der Waals surface area contributed by atoms with Crippen LogP contribution in [0.5, 0.6) is 5.75 Å². The van der Waals surface area contributed by atoms with Crippen LogP contribution in [0, 0.1) is 6.92 Å². The number of fused-ring (bicyclic) bond motifs is 1. The van der Waals surface area contributed by atoms with Crippen LogP contribution < -0.4 is 15.0 Å². The number of nitrogens with one attached hydrogen (secondary N) is 1. The average molecular weight is 406 g/mol. The van der Waals surface area contributed by atoms with E-state index in [4.69, 9.17) is 9.15 Å². The number of likely N-dealkylation sites (N-methyl/N-ethyl adjacent to an activating group) is 1. The van der Waals surface area contributed by atoms with Crippen molar-refractivity contribution in [2.75, 3.05) is 18.5 Å². The Hall–Kier alpha value is -3.68. The predicted octanol–water partition coefficient (Wildman–Crippen LogP) is 2.52. The van der Waals surface area contributed by atoms with E-state index in [9.17, 15) is 9.59 Å². The van der Waals surface area contributed by atoms with Gasteiger partial charge in [0.15, 0.2) is 6.10 Å². The lowest BCUT2D eigenvalue weighted by Gasteiger charge is -2.34. The number of aromatic nitrogens is 2. The Bertz CT molecular complexity index is 1060. The third-order valence-corrected chi connectivity index (χ3v) is 4.93. The zero-order valence-electron chi connectivity index (χ0n) is 16.8. The van der Waals surface area contributed by atoms with E-state index in [2.05, 4.69) is 15.5 Å². The van der Waals surface area contributed by atoms with E-state index < -0.39 is 6.10 Å². The second-order valence-corrected chi connectivity index (χ2v) is 7.06. The molecule has 0 fully saturated rings. The van der Waals surface area contributed by atoms with Crippen LogP contribution in [0.1, 0.15) is 17.9 Å². The van der Waals surface area contributed by atoms with Crippen molar-refractivity contribution in [2.24, 2.45) is 0 Å². The minimum atomic E-state index is -0.759. The van der Waals surface area contributed by atoms with Crippen molar-refractivity contribution < 1.29 is 18.7 Å². The molecule has 2 heterocycles. The van der Waals surface area contributed by atoms with Crippen LogP contribution in [0.25, 0.3) is 11.5 Å². The first kappa shape index (κ1) is 19.6. The molecule has 0 aliphatic carbocycles. The molecule has 8 heteroatoms. The zero-order valence-corrected chi connectivity index (χ0v) is 16.8. The van der Waals surface area contributed by atoms with E-state index in [1.807, 2.05) is 37.3 Å². The molecular weight excluding hydrogens is 384 g/mol. The number of amides is 2. The van der Waals surface area contributed by atoms with Gasteiger partial charge in [-0.15, -0.1) is 10.2 Å². The predicted molar refractivity (Wildman–Crippen MR) is 110 cm³/mol. The molecule has 154 valence electrons. The van der Waals surface area contributed by atoms with E-state index >= 15 is 0 Å². The monoisotopic (exact) mass is 406 g/mol. The number of benzene rings is 2. The quantitative estimate of drug-likeness (QED) is 0.699. The molecule has 0 bridgehead atoms. The molecule has 1 aliphatic heterocycles. The van der Waals surface area contributed by atoms with Crippen molar-refractivity contribution in [1.82, 2.24) is 15.5 Å². The van der Waals surface area contributed by atoms with Crippen molar-refractivity contribution in [3.63, 3.8) is 0 Å². The van der Waals surface area contributed by atoms with Crippen LogP contribution in [-0.2, 0) is 16.0 Å². The summed E-state index contributed by atoms with van der Waals surface area (Å²) in [5, 5.41) is 10.7. The van der Waals surface area contributed by atoms with E-state index in [0.29, 0.717) is 29.6 Å². The molecule has 1 aliphatic rings. The van der Waals surface area contributed by atoms with Crippen molar-refractivity contribution in [3.8, 4) is 17.2 Å². The molecule has 0 saturated heterocycles. The molecular formula is C22H22N4O4. The Labute approximate surface area is 173 Å². The molecule has 8 nitrogen and oxygen atoms in total. The molecule has 1 N–H and O–H groups in total. The normalized spacial score (nSPS) is 15.3. The van der Waals surface area contributed by atoms with Gasteiger partial charge < -0.3 is 19.4 Å². The van der Waals surface area contributed by atoms with Gasteiger partial charge in [0.1, 0.15) is 5.75 Å². The summed E-state index contributed by atoms with van der Waals surface area (Å²) in [6.07, 6.45) is -0.281. The largest absolute Gasteiger partial charge is 0.477 e. The number of anilines is 1. The summed E-state index contributed by atoms with van der Waals surface area (Å²) in [6, 6.07) is 15.0. The number of nitrogens with zero attached hydrogens (tertiary/aromatic N) is 3. The fraction of sp³-hybridized carbons (Fsp3) is 0.273. The molecule has 4 rings (SSSR count). The minimum Gasteiger partial charge on any atom is -0.477 e. The second-order valence-electron chi connectivity index (χ2n) is 7.06. The fourth-order valence-electron chi connectivity index (χ4n) is 3.28. The van der Waals surface area contributed by atoms with Gasteiger partial charge in [-0.3, -0.25) is 9.59 Å². The van der Waals surface area contributed by atoms with Gasteiger partial charge in [0.05, 0.1) is 12.2 Å². The topological polar surface area (TPSA) is 97.6 Å². The third-order valence-electron chi connectivity index (χ3n) is 4.93. The van der Waals surface area contributed by atoms with Crippen LogP contribution in [0.3, 0.4) is 0 Å². The number of hydrogen-bond donors (Lipinski definition) is 1. The lowest BCUT2D eigenvalue weighted by atomic mass is 10.1. The highest BCUT2D eigenvalue weighted by molar-refractivity contribution is 5.97. The number of hydrogen-bond acceptors (Lipinski definition) is 6. The molecule has 2 amide bonds. The average Bonchev–Trinajstić information content (AvgIpc) is 3.25. The highest BCUT2D eigenvalue weighted by atomic mass is 16.5. The highest BCUT2D eigenvalue weighted by Crippen LogP contribution is 2.33. The molecule has 0 spiro atoms. The smallest absolute Gasteiger partial charge is 0.262 e. The molecule has 2 aromatic carbocycles. The highest BCUT2D eigenvalue weighted by Gasteiger charge is 2.33. The minimum absolute atomic E-state index is 0.144.